The topological polar surface area (TPSA) is 216 Å². The number of dihydropyridines is 2. The van der Waals surface area contributed by atoms with Crippen molar-refractivity contribution in [1.29, 1.82) is 0 Å². The average molecular weight is 841 g/mol. The van der Waals surface area contributed by atoms with Crippen molar-refractivity contribution in [1.82, 2.24) is 20.2 Å². The molecule has 2 fully saturated rings. The van der Waals surface area contributed by atoms with Gasteiger partial charge in [-0.2, -0.15) is 0 Å². The summed E-state index contributed by atoms with van der Waals surface area (Å²) >= 11 is 0. The molecule has 2 saturated heterocycles. The minimum Gasteiger partial charge on any atom is -0.507 e. The molecule has 3 aromatic heterocycles. The summed E-state index contributed by atoms with van der Waals surface area (Å²) in [6, 6.07) is 4.73. The van der Waals surface area contributed by atoms with Crippen molar-refractivity contribution < 1.29 is 33.6 Å². The molecule has 10 rings (SSSR count). The van der Waals surface area contributed by atoms with Crippen molar-refractivity contribution in [3.05, 3.63) is 105 Å². The Hall–Kier alpha value is -4.90. The quantitative estimate of drug-likeness (QED) is 0.0809. The number of aromatic nitrogens is 2. The van der Waals surface area contributed by atoms with Gasteiger partial charge in [0.25, 0.3) is 0 Å². The highest BCUT2D eigenvalue weighted by Crippen LogP contribution is 2.55. The summed E-state index contributed by atoms with van der Waals surface area (Å²) in [5.74, 6) is 1.74. The number of hydrogen-bond donors (Lipinski definition) is 7. The summed E-state index contributed by atoms with van der Waals surface area (Å²) < 4.78 is 27.7. The highest BCUT2D eigenvalue weighted by Gasteiger charge is 2.66. The zero-order valence-electron chi connectivity index (χ0n) is 32.8. The van der Waals surface area contributed by atoms with Gasteiger partial charge in [-0.3, -0.25) is 4.79 Å². The molecule has 310 valence electrons. The lowest BCUT2D eigenvalue weighted by Crippen LogP contribution is -2.54. The highest BCUT2D eigenvalue weighted by atomic mass is 33.1. The van der Waals surface area contributed by atoms with E-state index in [1.165, 1.54) is 6.07 Å². The van der Waals surface area contributed by atoms with Gasteiger partial charge in [0.1, 0.15) is 45.8 Å². The van der Waals surface area contributed by atoms with E-state index in [1.54, 1.807) is 34.6 Å². The number of benzene rings is 1. The highest BCUT2D eigenvalue weighted by molar-refractivity contribution is 8.76. The van der Waals surface area contributed by atoms with E-state index in [9.17, 15) is 19.8 Å². The van der Waals surface area contributed by atoms with Gasteiger partial charge in [-0.05, 0) is 62.8 Å². The minimum atomic E-state index is -1.34. The fourth-order valence-electron chi connectivity index (χ4n) is 9.87. The van der Waals surface area contributed by atoms with Crippen LogP contribution in [0.5, 0.6) is 11.5 Å². The van der Waals surface area contributed by atoms with Crippen molar-refractivity contribution in [3.8, 4) is 11.5 Å². The molecule has 59 heavy (non-hydrogen) atoms. The number of nitrogens with one attached hydrogen (secondary N) is 3. The Kier molecular flexibility index (Phi) is 9.34. The number of aromatic hydroxyl groups is 1. The number of nitrogens with two attached hydrogens (primary N) is 2. The van der Waals surface area contributed by atoms with Gasteiger partial charge in [-0.25, -0.2) is 4.79 Å². The first kappa shape index (κ1) is 38.3. The van der Waals surface area contributed by atoms with Crippen LogP contribution in [0.25, 0.3) is 21.9 Å². The predicted molar refractivity (Wildman–Crippen MR) is 227 cm³/mol. The molecular weight excluding hydrogens is 793 g/mol. The molecule has 0 radical (unpaired) electrons. The lowest BCUT2D eigenvalue weighted by molar-refractivity contribution is -0.173. The van der Waals surface area contributed by atoms with E-state index >= 15 is 0 Å². The molecule has 8 unspecified atom stereocenters. The van der Waals surface area contributed by atoms with E-state index in [-0.39, 0.29) is 40.7 Å². The molecule has 1 aromatic carbocycles. The van der Waals surface area contributed by atoms with Gasteiger partial charge in [-0.1, -0.05) is 33.7 Å². The van der Waals surface area contributed by atoms with Crippen molar-refractivity contribution in [2.75, 3.05) is 11.5 Å². The van der Waals surface area contributed by atoms with Crippen LogP contribution in [0.2, 0.25) is 0 Å². The third-order valence-corrected chi connectivity index (χ3v) is 15.1. The monoisotopic (exact) mass is 840 g/mol. The fourth-order valence-corrected chi connectivity index (χ4v) is 12.2. The molecular formula is C43H48N6O8S2. The van der Waals surface area contributed by atoms with Crippen molar-refractivity contribution in [2.24, 2.45) is 11.5 Å². The van der Waals surface area contributed by atoms with Gasteiger partial charge in [0.05, 0.1) is 35.6 Å². The minimum absolute atomic E-state index is 0.0416. The van der Waals surface area contributed by atoms with E-state index in [0.717, 1.165) is 27.6 Å². The number of aliphatic hydroxyl groups is 1. The van der Waals surface area contributed by atoms with E-state index < -0.39 is 41.4 Å². The molecule has 4 bridgehead atoms. The van der Waals surface area contributed by atoms with Gasteiger partial charge in [-0.15, -0.1) is 0 Å². The Morgan fingerprint density at radius 3 is 2.80 bits per heavy atom. The van der Waals surface area contributed by atoms with Crippen LogP contribution in [-0.4, -0.2) is 78.8 Å². The number of phenols is 1. The summed E-state index contributed by atoms with van der Waals surface area (Å²) in [4.78, 5) is 31.0. The number of aryl methyl sites for hydroxylation is 1. The van der Waals surface area contributed by atoms with Crippen LogP contribution in [0.15, 0.2) is 92.6 Å². The van der Waals surface area contributed by atoms with Gasteiger partial charge < -0.3 is 60.5 Å². The van der Waals surface area contributed by atoms with Gasteiger partial charge in [0.15, 0.2) is 11.0 Å². The second-order valence-electron chi connectivity index (χ2n) is 16.9. The number of esters is 1. The second kappa shape index (κ2) is 14.4. The largest absolute Gasteiger partial charge is 0.507 e. The third kappa shape index (κ3) is 6.77. The van der Waals surface area contributed by atoms with Crippen LogP contribution >= 0.6 is 21.6 Å². The number of aromatic amines is 1. The number of rotatable bonds is 2. The van der Waals surface area contributed by atoms with E-state index in [1.807, 2.05) is 19.2 Å². The lowest BCUT2D eigenvalue weighted by Gasteiger charge is -2.46. The standard InChI is InChI=1S/C43H48N6O8S2/c1-21-11-31(51)37-32(54-21)15-33-36(38(37)52)26-5-4-25(50)16-43-34(57-43)6-3-22-12-29(48-35(44)13-22)27-14-24(18-49-17-23-7-9-46-30(23)19-49)47-40(45)28(27)20-59-58-10-8-42(2,56-33)39(26)55-41(43)53/h7,9,11-15,17,19,24-26,29,34,39,46-48,50,52H,3-6,8,10,16,18,20,44-45H2,1-2H3. The summed E-state index contributed by atoms with van der Waals surface area (Å²) in [7, 11) is 3.34. The summed E-state index contributed by atoms with van der Waals surface area (Å²) in [6.45, 7) is 4.28. The van der Waals surface area contributed by atoms with Gasteiger partial charge >= 0.3 is 5.97 Å². The molecule has 9 heterocycles. The first-order valence-corrected chi connectivity index (χ1v) is 22.7. The lowest BCUT2D eigenvalue weighted by atomic mass is 9.76. The summed E-state index contributed by atoms with van der Waals surface area (Å²) in [6.07, 6.45) is 12.5. The normalized spacial score (nSPS) is 32.2. The zero-order valence-corrected chi connectivity index (χ0v) is 34.4. The second-order valence-corrected chi connectivity index (χ2v) is 19.5. The summed E-state index contributed by atoms with van der Waals surface area (Å²) in [5.41, 5.74) is 15.4. The maximum atomic E-state index is 14.5. The number of phenolic OH excluding ortho intramolecular Hbond substituents is 1. The van der Waals surface area contributed by atoms with Crippen LogP contribution in [-0.2, 0) is 20.8 Å². The maximum absolute atomic E-state index is 14.5. The van der Waals surface area contributed by atoms with Crippen LogP contribution < -0.4 is 32.3 Å². The molecule has 0 aliphatic carbocycles. The molecule has 6 aliphatic heterocycles. The van der Waals surface area contributed by atoms with Gasteiger partial charge in [0.2, 0.25) is 0 Å². The molecule has 1 spiro atoms. The number of carbonyl (C=O) groups excluding carboxylic acids is 1. The Morgan fingerprint density at radius 1 is 1.08 bits per heavy atom. The number of fused-ring (bicyclic) bond motifs is 8. The molecule has 6 aliphatic rings. The molecule has 4 aromatic rings. The van der Waals surface area contributed by atoms with E-state index in [2.05, 4.69) is 50.8 Å². The maximum Gasteiger partial charge on any atom is 0.341 e. The number of ether oxygens (including phenoxy) is 3. The van der Waals surface area contributed by atoms with E-state index in [0.29, 0.717) is 78.9 Å². The number of hydrogen-bond acceptors (Lipinski definition) is 14. The van der Waals surface area contributed by atoms with E-state index in [4.69, 9.17) is 30.1 Å². The number of carbonyl (C=O) groups is 1. The zero-order chi connectivity index (χ0) is 40.8. The van der Waals surface area contributed by atoms with Gasteiger partial charge in [0, 0.05) is 84.1 Å². The Labute approximate surface area is 347 Å². The number of aliphatic hydroxyl groups excluding tert-OH is 1. The van der Waals surface area contributed by atoms with Crippen LogP contribution in [0.3, 0.4) is 0 Å². The smallest absolute Gasteiger partial charge is 0.341 e. The van der Waals surface area contributed by atoms with Crippen molar-refractivity contribution >= 4 is 49.4 Å². The van der Waals surface area contributed by atoms with Crippen LogP contribution in [0.1, 0.15) is 62.7 Å². The molecule has 0 amide bonds. The number of allylic oxidation sites excluding steroid dienone is 2. The number of nitrogens with zero attached hydrogens (tertiary/aromatic N) is 1. The molecule has 8 atom stereocenters. The predicted octanol–water partition coefficient (Wildman–Crippen LogP) is 4.95. The molecule has 16 heteroatoms. The average Bonchev–Trinajstić information content (AvgIpc) is 3.44. The third-order valence-electron chi connectivity index (χ3n) is 12.8. The number of epoxide rings is 1. The Balaban J connectivity index is 1.01. The fraction of sp³-hybridized carbons (Fsp3) is 0.442. The van der Waals surface area contributed by atoms with Crippen molar-refractivity contribution in [3.63, 3.8) is 0 Å². The Morgan fingerprint density at radius 2 is 1.95 bits per heavy atom. The molecule has 14 nitrogen and oxygen atoms in total. The van der Waals surface area contributed by atoms with Crippen LogP contribution in [0.4, 0.5) is 0 Å². The molecule has 0 saturated carbocycles. The first-order chi connectivity index (χ1) is 28.4. The van der Waals surface area contributed by atoms with Crippen LogP contribution in [0, 0.1) is 6.92 Å². The summed E-state index contributed by atoms with van der Waals surface area (Å²) in [5, 5.41) is 31.5. The van der Waals surface area contributed by atoms with Crippen molar-refractivity contribution in [2.45, 2.75) is 106 Å². The Bertz CT molecular complexity index is 2550. The number of H-pyrrole nitrogens is 1. The first-order valence-electron chi connectivity index (χ1n) is 20.2. The molecule has 9 N–H and O–H groups in total. The SMILES string of the molecule is Cc1cc(=O)c2c(O)c3c(cc2o1)OC1(C)CCSSCC2=C(N)NC(Cn4cc5cc[nH]c5c4)C=C2C2C=C(C=C(N)N2)CCC2OC24CC(O)CCC3C1OC4=O.